The van der Waals surface area contributed by atoms with Crippen LogP contribution in [-0.4, -0.2) is 24.4 Å². The molecule has 0 atom stereocenters. The van der Waals surface area contributed by atoms with Crippen molar-refractivity contribution in [1.82, 2.24) is 0 Å². The van der Waals surface area contributed by atoms with Gasteiger partial charge in [-0.1, -0.05) is 0 Å². The maximum absolute atomic E-state index is 10.7. The quantitative estimate of drug-likeness (QED) is 0.838. The Morgan fingerprint density at radius 3 is 2.68 bits per heavy atom. The number of carboxylic acid groups (broad SMARTS) is 1. The fourth-order valence-corrected chi connectivity index (χ4v) is 1.51. The number of benzene rings is 1. The molecule has 2 rings (SSSR count). The lowest BCUT2D eigenvalue weighted by Gasteiger charge is -1.95. The van der Waals surface area contributed by atoms with Crippen LogP contribution in [0.25, 0.3) is 0 Å². The molecule has 0 amide bonds. The van der Waals surface area contributed by atoms with E-state index in [2.05, 4.69) is 4.99 Å². The Hall–Kier alpha value is -2.40. The number of rotatable bonds is 5. The van der Waals surface area contributed by atoms with Gasteiger partial charge in [-0.25, -0.2) is 4.79 Å². The van der Waals surface area contributed by atoms with E-state index in [1.165, 1.54) is 12.1 Å². The van der Waals surface area contributed by atoms with Gasteiger partial charge in [0.15, 0.2) is 0 Å². The highest BCUT2D eigenvalue weighted by atomic mass is 16.5. The van der Waals surface area contributed by atoms with E-state index in [1.807, 2.05) is 6.07 Å². The summed E-state index contributed by atoms with van der Waals surface area (Å²) in [6.07, 6.45) is 1.58. The number of hydrogen-bond acceptors (Lipinski definition) is 4. The summed E-state index contributed by atoms with van der Waals surface area (Å²) in [5.74, 6) is 0.394. The highest BCUT2D eigenvalue weighted by Crippen LogP contribution is 2.14. The van der Waals surface area contributed by atoms with E-state index in [1.54, 1.807) is 31.5 Å². The van der Waals surface area contributed by atoms with E-state index in [0.29, 0.717) is 18.1 Å². The summed E-state index contributed by atoms with van der Waals surface area (Å²) in [5.41, 5.74) is 0.897. The van der Waals surface area contributed by atoms with E-state index in [4.69, 9.17) is 14.3 Å². The van der Waals surface area contributed by atoms with Gasteiger partial charge in [-0.05, 0) is 36.4 Å². The first-order chi connectivity index (χ1) is 9.19. The van der Waals surface area contributed by atoms with Crippen LogP contribution in [0.5, 0.6) is 0 Å². The average Bonchev–Trinajstić information content (AvgIpc) is 2.85. The summed E-state index contributed by atoms with van der Waals surface area (Å²) in [7, 11) is 1.60. The topological polar surface area (TPSA) is 72.0 Å². The van der Waals surface area contributed by atoms with Gasteiger partial charge in [0.05, 0.1) is 17.5 Å². The van der Waals surface area contributed by atoms with Crippen LogP contribution >= 0.6 is 0 Å². The van der Waals surface area contributed by atoms with Gasteiger partial charge in [0.2, 0.25) is 0 Å². The number of methoxy groups -OCH3 is 1. The Bertz CT molecular complexity index is 584. The van der Waals surface area contributed by atoms with Gasteiger partial charge in [0.25, 0.3) is 0 Å². The summed E-state index contributed by atoms with van der Waals surface area (Å²) >= 11 is 0. The first-order valence-electron chi connectivity index (χ1n) is 5.64. The Morgan fingerprint density at radius 1 is 1.32 bits per heavy atom. The van der Waals surface area contributed by atoms with Crippen molar-refractivity contribution in [2.75, 3.05) is 7.11 Å². The number of carbonyl (C=O) groups is 1. The lowest BCUT2D eigenvalue weighted by atomic mass is 10.2. The number of aliphatic imine (C=N–C) groups is 1. The van der Waals surface area contributed by atoms with E-state index >= 15 is 0 Å². The first kappa shape index (κ1) is 13.0. The molecule has 5 nitrogen and oxygen atoms in total. The molecule has 0 aliphatic rings. The number of carboxylic acids is 1. The largest absolute Gasteiger partial charge is 0.478 e. The molecule has 5 heteroatoms. The summed E-state index contributed by atoms with van der Waals surface area (Å²) in [6, 6.07) is 9.90. The van der Waals surface area contributed by atoms with Crippen molar-refractivity contribution in [2.24, 2.45) is 4.99 Å². The molecule has 2 aromatic rings. The molecule has 0 spiro atoms. The van der Waals surface area contributed by atoms with Crippen LogP contribution in [-0.2, 0) is 11.3 Å². The molecule has 0 saturated heterocycles. The van der Waals surface area contributed by atoms with Crippen molar-refractivity contribution in [2.45, 2.75) is 6.61 Å². The van der Waals surface area contributed by atoms with Crippen LogP contribution in [0.1, 0.15) is 21.9 Å². The third-order valence-corrected chi connectivity index (χ3v) is 2.42. The normalized spacial score (nSPS) is 11.0. The van der Waals surface area contributed by atoms with Gasteiger partial charge in [0, 0.05) is 7.11 Å². The molecule has 0 fully saturated rings. The van der Waals surface area contributed by atoms with Gasteiger partial charge >= 0.3 is 5.97 Å². The molecule has 98 valence electrons. The number of hydrogen-bond donors (Lipinski definition) is 1. The molecule has 0 aliphatic carbocycles. The zero-order valence-electron chi connectivity index (χ0n) is 10.4. The molecular weight excluding hydrogens is 246 g/mol. The average molecular weight is 259 g/mol. The zero-order chi connectivity index (χ0) is 13.7. The Balaban J connectivity index is 2.06. The number of ether oxygens (including phenoxy) is 1. The minimum atomic E-state index is -0.953. The highest BCUT2D eigenvalue weighted by Gasteiger charge is 2.01. The zero-order valence-corrected chi connectivity index (χ0v) is 10.4. The Kier molecular flexibility index (Phi) is 4.10. The third-order valence-electron chi connectivity index (χ3n) is 2.42. The molecule has 0 radical (unpaired) electrons. The van der Waals surface area contributed by atoms with Crippen LogP contribution in [0.4, 0.5) is 5.69 Å². The van der Waals surface area contributed by atoms with Crippen molar-refractivity contribution >= 4 is 17.9 Å². The molecule has 1 N–H and O–H groups in total. The summed E-state index contributed by atoms with van der Waals surface area (Å²) in [5, 5.41) is 8.77. The predicted octanol–water partition coefficient (Wildman–Crippen LogP) is 2.87. The molecule has 1 aromatic heterocycles. The second-order valence-electron chi connectivity index (χ2n) is 3.85. The van der Waals surface area contributed by atoms with Crippen molar-refractivity contribution in [1.29, 1.82) is 0 Å². The smallest absolute Gasteiger partial charge is 0.335 e. The fraction of sp³-hybridized carbons (Fsp3) is 0.143. The highest BCUT2D eigenvalue weighted by molar-refractivity contribution is 5.88. The first-order valence-corrected chi connectivity index (χ1v) is 5.64. The molecule has 1 heterocycles. The minimum Gasteiger partial charge on any atom is -0.478 e. The van der Waals surface area contributed by atoms with Crippen LogP contribution in [0.15, 0.2) is 45.8 Å². The standard InChI is InChI=1S/C14H13NO4/c1-18-9-13-7-6-12(19-13)8-15-11-4-2-10(3-5-11)14(16)17/h2-8H,9H2,1H3,(H,16,17). The van der Waals surface area contributed by atoms with Gasteiger partial charge in [0.1, 0.15) is 18.1 Å². The van der Waals surface area contributed by atoms with Crippen LogP contribution in [0.3, 0.4) is 0 Å². The van der Waals surface area contributed by atoms with Crippen LogP contribution in [0, 0.1) is 0 Å². The number of aromatic carboxylic acids is 1. The van der Waals surface area contributed by atoms with Crippen LogP contribution in [0.2, 0.25) is 0 Å². The van der Waals surface area contributed by atoms with Crippen molar-refractivity contribution < 1.29 is 19.1 Å². The van der Waals surface area contributed by atoms with Crippen molar-refractivity contribution in [3.63, 3.8) is 0 Å². The lowest BCUT2D eigenvalue weighted by molar-refractivity contribution is 0.0697. The molecular formula is C14H13NO4. The van der Waals surface area contributed by atoms with E-state index in [9.17, 15) is 4.79 Å². The minimum absolute atomic E-state index is 0.235. The maximum atomic E-state index is 10.7. The fourth-order valence-electron chi connectivity index (χ4n) is 1.51. The molecule has 19 heavy (non-hydrogen) atoms. The lowest BCUT2D eigenvalue weighted by Crippen LogP contribution is -1.94. The van der Waals surface area contributed by atoms with Gasteiger partial charge in [-0.15, -0.1) is 0 Å². The monoisotopic (exact) mass is 259 g/mol. The van der Waals surface area contributed by atoms with E-state index < -0.39 is 5.97 Å². The summed E-state index contributed by atoms with van der Waals surface area (Å²) in [6.45, 7) is 0.418. The second kappa shape index (κ2) is 5.97. The molecule has 0 aliphatic heterocycles. The third kappa shape index (κ3) is 3.53. The Morgan fingerprint density at radius 2 is 2.05 bits per heavy atom. The van der Waals surface area contributed by atoms with Crippen LogP contribution < -0.4 is 0 Å². The SMILES string of the molecule is COCc1ccc(C=Nc2ccc(C(=O)O)cc2)o1. The maximum Gasteiger partial charge on any atom is 0.335 e. The van der Waals surface area contributed by atoms with E-state index in [-0.39, 0.29) is 5.56 Å². The van der Waals surface area contributed by atoms with Gasteiger partial charge < -0.3 is 14.3 Å². The number of furan rings is 1. The Labute approximate surface area is 110 Å². The predicted molar refractivity (Wildman–Crippen MR) is 70.1 cm³/mol. The summed E-state index contributed by atoms with van der Waals surface area (Å²) < 4.78 is 10.4. The molecule has 0 unspecified atom stereocenters. The van der Waals surface area contributed by atoms with Crippen molar-refractivity contribution in [3.05, 3.63) is 53.5 Å². The van der Waals surface area contributed by atoms with E-state index in [0.717, 1.165) is 5.76 Å². The molecule has 1 aromatic carbocycles. The summed E-state index contributed by atoms with van der Waals surface area (Å²) in [4.78, 5) is 14.9. The molecule has 0 bridgehead atoms. The number of nitrogens with zero attached hydrogens (tertiary/aromatic N) is 1. The van der Waals surface area contributed by atoms with Gasteiger partial charge in [-0.3, -0.25) is 4.99 Å². The van der Waals surface area contributed by atoms with Gasteiger partial charge in [-0.2, -0.15) is 0 Å². The second-order valence-corrected chi connectivity index (χ2v) is 3.85. The van der Waals surface area contributed by atoms with Crippen molar-refractivity contribution in [3.8, 4) is 0 Å². The molecule has 0 saturated carbocycles.